The second-order valence-electron chi connectivity index (χ2n) is 5.96. The fourth-order valence-electron chi connectivity index (χ4n) is 2.79. The van der Waals surface area contributed by atoms with Crippen molar-refractivity contribution in [3.8, 4) is 5.75 Å². The van der Waals surface area contributed by atoms with E-state index in [1.165, 1.54) is 0 Å². The van der Waals surface area contributed by atoms with Crippen LogP contribution in [0.5, 0.6) is 5.75 Å². The van der Waals surface area contributed by atoms with Crippen LogP contribution in [0.15, 0.2) is 66.9 Å². The van der Waals surface area contributed by atoms with E-state index in [0.29, 0.717) is 35.8 Å². The molecule has 3 rings (SSSR count). The van der Waals surface area contributed by atoms with Crippen LogP contribution in [0.2, 0.25) is 0 Å². The molecule has 4 heteroatoms. The summed E-state index contributed by atoms with van der Waals surface area (Å²) in [6.07, 6.45) is 1.68. The quantitative estimate of drug-likeness (QED) is 0.634. The minimum atomic E-state index is -0.0586. The molecule has 1 heterocycles. The third-order valence-corrected chi connectivity index (χ3v) is 4.16. The highest BCUT2D eigenvalue weighted by Crippen LogP contribution is 2.26. The van der Waals surface area contributed by atoms with Crippen LogP contribution in [-0.2, 0) is 6.61 Å². The van der Waals surface area contributed by atoms with E-state index in [4.69, 9.17) is 4.74 Å². The summed E-state index contributed by atoms with van der Waals surface area (Å²) in [5, 5.41) is 3.14. The summed E-state index contributed by atoms with van der Waals surface area (Å²) in [5.74, 6) is 1.26. The van der Waals surface area contributed by atoms with Crippen molar-refractivity contribution in [2.24, 2.45) is 0 Å². The first-order valence-corrected chi connectivity index (χ1v) is 8.70. The van der Waals surface area contributed by atoms with Crippen LogP contribution >= 0.6 is 0 Å². The lowest BCUT2D eigenvalue weighted by atomic mass is 9.98. The molecule has 0 spiro atoms. The van der Waals surface area contributed by atoms with Gasteiger partial charge in [0.05, 0.1) is 5.56 Å². The molecule has 0 aliphatic heterocycles. The number of benzene rings is 2. The van der Waals surface area contributed by atoms with Gasteiger partial charge in [-0.25, -0.2) is 4.98 Å². The maximum absolute atomic E-state index is 13.1. The number of hydrogen-bond acceptors (Lipinski definition) is 4. The number of rotatable bonds is 7. The van der Waals surface area contributed by atoms with E-state index in [1.54, 1.807) is 18.3 Å². The largest absolute Gasteiger partial charge is 0.489 e. The molecule has 2 aromatic carbocycles. The van der Waals surface area contributed by atoms with E-state index in [2.05, 4.69) is 10.3 Å². The number of carbonyl (C=O) groups is 1. The van der Waals surface area contributed by atoms with Gasteiger partial charge in [0.15, 0.2) is 5.78 Å². The second-order valence-corrected chi connectivity index (χ2v) is 5.96. The van der Waals surface area contributed by atoms with Gasteiger partial charge in [-0.1, -0.05) is 42.5 Å². The van der Waals surface area contributed by atoms with Gasteiger partial charge in [-0.3, -0.25) is 4.79 Å². The number of ether oxygens (including phenoxy) is 1. The number of ketones is 1. The summed E-state index contributed by atoms with van der Waals surface area (Å²) in [6.45, 7) is 5.06. The van der Waals surface area contributed by atoms with Gasteiger partial charge >= 0.3 is 0 Å². The lowest BCUT2D eigenvalue weighted by molar-refractivity contribution is 0.103. The summed E-state index contributed by atoms with van der Waals surface area (Å²) in [4.78, 5) is 17.3. The fourth-order valence-corrected chi connectivity index (χ4v) is 2.79. The third-order valence-electron chi connectivity index (χ3n) is 4.16. The van der Waals surface area contributed by atoms with Crippen LogP contribution in [0.4, 0.5) is 5.82 Å². The average Bonchev–Trinajstić information content (AvgIpc) is 2.68. The van der Waals surface area contributed by atoms with Crippen molar-refractivity contribution in [1.29, 1.82) is 0 Å². The van der Waals surface area contributed by atoms with Crippen LogP contribution < -0.4 is 10.1 Å². The number of nitrogens with zero attached hydrogens (tertiary/aromatic N) is 1. The lowest BCUT2D eigenvalue weighted by Crippen LogP contribution is -2.11. The summed E-state index contributed by atoms with van der Waals surface area (Å²) in [6, 6.07) is 19.1. The molecule has 0 amide bonds. The summed E-state index contributed by atoms with van der Waals surface area (Å²) in [7, 11) is 0. The van der Waals surface area contributed by atoms with Crippen LogP contribution in [0.1, 0.15) is 34.0 Å². The van der Waals surface area contributed by atoms with E-state index in [0.717, 1.165) is 11.1 Å². The Morgan fingerprint density at radius 2 is 1.77 bits per heavy atom. The number of pyridine rings is 1. The van der Waals surface area contributed by atoms with Crippen molar-refractivity contribution in [3.63, 3.8) is 0 Å². The number of carbonyl (C=O) groups excluding carboxylic acids is 1. The Morgan fingerprint density at radius 3 is 2.54 bits per heavy atom. The van der Waals surface area contributed by atoms with Crippen LogP contribution in [0, 0.1) is 6.92 Å². The van der Waals surface area contributed by atoms with Crippen molar-refractivity contribution < 1.29 is 9.53 Å². The molecule has 1 aromatic heterocycles. The standard InChI is InChI=1S/C22H22N2O2/c1-3-23-22-19(12-8-14-24-22)21(25)18-11-7-13-20(16(18)2)26-15-17-9-5-4-6-10-17/h4-14H,3,15H2,1-2H3,(H,23,24). The Kier molecular flexibility index (Phi) is 5.64. The molecule has 0 aliphatic rings. The molecule has 0 bridgehead atoms. The molecule has 1 N–H and O–H groups in total. The zero-order chi connectivity index (χ0) is 18.4. The van der Waals surface area contributed by atoms with Crippen molar-refractivity contribution >= 4 is 11.6 Å². The molecule has 0 fully saturated rings. The highest BCUT2D eigenvalue weighted by atomic mass is 16.5. The van der Waals surface area contributed by atoms with E-state index in [9.17, 15) is 4.79 Å². The Balaban J connectivity index is 1.86. The Bertz CT molecular complexity index is 892. The molecule has 0 unspecified atom stereocenters. The molecule has 26 heavy (non-hydrogen) atoms. The minimum Gasteiger partial charge on any atom is -0.489 e. The number of anilines is 1. The van der Waals surface area contributed by atoms with E-state index < -0.39 is 0 Å². The average molecular weight is 346 g/mol. The first-order valence-electron chi connectivity index (χ1n) is 8.70. The predicted octanol–water partition coefficient (Wildman–Crippen LogP) is 4.63. The normalized spacial score (nSPS) is 10.4. The minimum absolute atomic E-state index is 0.0586. The van der Waals surface area contributed by atoms with Gasteiger partial charge in [0, 0.05) is 23.9 Å². The first-order chi connectivity index (χ1) is 12.7. The van der Waals surface area contributed by atoms with Crippen molar-refractivity contribution in [1.82, 2.24) is 4.98 Å². The van der Waals surface area contributed by atoms with Crippen molar-refractivity contribution in [3.05, 3.63) is 89.1 Å². The molecule has 0 atom stereocenters. The topological polar surface area (TPSA) is 51.2 Å². The maximum atomic E-state index is 13.1. The number of nitrogens with one attached hydrogen (secondary N) is 1. The summed E-state index contributed by atoms with van der Waals surface area (Å²) >= 11 is 0. The first kappa shape index (κ1) is 17.7. The lowest BCUT2D eigenvalue weighted by Gasteiger charge is -2.14. The van der Waals surface area contributed by atoms with Crippen molar-refractivity contribution in [2.75, 3.05) is 11.9 Å². The molecular weight excluding hydrogens is 324 g/mol. The molecule has 0 saturated heterocycles. The fraction of sp³-hybridized carbons (Fsp3) is 0.182. The van der Waals surface area contributed by atoms with Gasteiger partial charge in [-0.15, -0.1) is 0 Å². The van der Waals surface area contributed by atoms with E-state index >= 15 is 0 Å². The third kappa shape index (κ3) is 3.91. The van der Waals surface area contributed by atoms with E-state index in [-0.39, 0.29) is 5.78 Å². The molecule has 3 aromatic rings. The van der Waals surface area contributed by atoms with Gasteiger partial charge in [-0.2, -0.15) is 0 Å². The highest BCUT2D eigenvalue weighted by molar-refractivity contribution is 6.12. The van der Waals surface area contributed by atoms with Crippen LogP contribution in [0.3, 0.4) is 0 Å². The summed E-state index contributed by atoms with van der Waals surface area (Å²) in [5.41, 5.74) is 3.12. The maximum Gasteiger partial charge on any atom is 0.197 e. The monoisotopic (exact) mass is 346 g/mol. The zero-order valence-electron chi connectivity index (χ0n) is 15.0. The molecule has 132 valence electrons. The van der Waals surface area contributed by atoms with Gasteiger partial charge < -0.3 is 10.1 Å². The molecular formula is C22H22N2O2. The molecule has 0 aliphatic carbocycles. The second kappa shape index (κ2) is 8.30. The highest BCUT2D eigenvalue weighted by Gasteiger charge is 2.18. The smallest absolute Gasteiger partial charge is 0.197 e. The number of aromatic nitrogens is 1. The van der Waals surface area contributed by atoms with Crippen LogP contribution in [-0.4, -0.2) is 17.3 Å². The Morgan fingerprint density at radius 1 is 1.00 bits per heavy atom. The van der Waals surface area contributed by atoms with Gasteiger partial charge in [0.2, 0.25) is 0 Å². The molecule has 0 saturated carbocycles. The predicted molar refractivity (Wildman–Crippen MR) is 104 cm³/mol. The molecule has 0 radical (unpaired) electrons. The van der Waals surface area contributed by atoms with E-state index in [1.807, 2.05) is 62.4 Å². The Hall–Kier alpha value is -3.14. The van der Waals surface area contributed by atoms with Crippen LogP contribution in [0.25, 0.3) is 0 Å². The van der Waals surface area contributed by atoms with Gasteiger partial charge in [0.1, 0.15) is 18.2 Å². The zero-order valence-corrected chi connectivity index (χ0v) is 15.0. The number of hydrogen-bond donors (Lipinski definition) is 1. The molecule has 4 nitrogen and oxygen atoms in total. The van der Waals surface area contributed by atoms with Gasteiger partial charge in [-0.05, 0) is 37.6 Å². The SMILES string of the molecule is CCNc1ncccc1C(=O)c1cccc(OCc2ccccc2)c1C. The Labute approximate surface area is 153 Å². The summed E-state index contributed by atoms with van der Waals surface area (Å²) < 4.78 is 5.94. The van der Waals surface area contributed by atoms with Gasteiger partial charge in [0.25, 0.3) is 0 Å². The van der Waals surface area contributed by atoms with Crippen molar-refractivity contribution in [2.45, 2.75) is 20.5 Å².